The van der Waals surface area contributed by atoms with E-state index in [1.165, 1.54) is 0 Å². The van der Waals surface area contributed by atoms with Crippen LogP contribution in [0.25, 0.3) is 0 Å². The summed E-state index contributed by atoms with van der Waals surface area (Å²) in [7, 11) is 0. The quantitative estimate of drug-likeness (QED) is 0.823. The van der Waals surface area contributed by atoms with E-state index >= 15 is 0 Å². The van der Waals surface area contributed by atoms with Gasteiger partial charge >= 0.3 is 0 Å². The van der Waals surface area contributed by atoms with Gasteiger partial charge in [-0.15, -0.1) is 0 Å². The summed E-state index contributed by atoms with van der Waals surface area (Å²) in [5, 5.41) is 2.95. The van der Waals surface area contributed by atoms with Crippen molar-refractivity contribution in [3.05, 3.63) is 29.3 Å². The molecule has 3 nitrogen and oxygen atoms in total. The smallest absolute Gasteiger partial charge is 0.241 e. The van der Waals surface area contributed by atoms with Gasteiger partial charge in [-0.1, -0.05) is 38.5 Å². The highest BCUT2D eigenvalue weighted by atomic mass is 16.2. The Kier molecular flexibility index (Phi) is 5.16. The molecule has 94 valence electrons. The first kappa shape index (κ1) is 13.7. The Hall–Kier alpha value is -1.35. The minimum atomic E-state index is -0.413. The fourth-order valence-corrected chi connectivity index (χ4v) is 1.86. The fourth-order valence-electron chi connectivity index (χ4n) is 1.86. The zero-order chi connectivity index (χ0) is 12.8. The number of amides is 1. The molecular formula is C14H22N2O. The van der Waals surface area contributed by atoms with Crippen molar-refractivity contribution >= 4 is 11.6 Å². The van der Waals surface area contributed by atoms with Crippen LogP contribution in [-0.4, -0.2) is 11.9 Å². The van der Waals surface area contributed by atoms with Gasteiger partial charge in [-0.2, -0.15) is 0 Å². The number of carbonyl (C=O) groups is 1. The monoisotopic (exact) mass is 234 g/mol. The molecule has 0 heterocycles. The topological polar surface area (TPSA) is 55.1 Å². The predicted molar refractivity (Wildman–Crippen MR) is 72.1 cm³/mol. The first-order chi connectivity index (χ1) is 8.10. The van der Waals surface area contributed by atoms with E-state index in [1.54, 1.807) is 0 Å². The summed E-state index contributed by atoms with van der Waals surface area (Å²) in [4.78, 5) is 11.9. The van der Waals surface area contributed by atoms with Crippen molar-refractivity contribution in [1.29, 1.82) is 0 Å². The summed E-state index contributed by atoms with van der Waals surface area (Å²) in [6.07, 6.45) is 2.54. The number of aryl methyl sites for hydroxylation is 2. The second-order valence-corrected chi connectivity index (χ2v) is 4.35. The Morgan fingerprint density at radius 3 is 2.71 bits per heavy atom. The SMILES string of the molecule is CCC[C@@H](N)C(=O)Nc1c(C)cccc1CC. The first-order valence-corrected chi connectivity index (χ1v) is 6.25. The van der Waals surface area contributed by atoms with Gasteiger partial charge in [0.05, 0.1) is 6.04 Å². The van der Waals surface area contributed by atoms with E-state index in [9.17, 15) is 4.79 Å². The predicted octanol–water partition coefficient (Wildman–Crippen LogP) is 2.62. The van der Waals surface area contributed by atoms with Gasteiger partial charge in [0.15, 0.2) is 0 Å². The van der Waals surface area contributed by atoms with Gasteiger partial charge < -0.3 is 11.1 Å². The van der Waals surface area contributed by atoms with Crippen LogP contribution in [0.1, 0.15) is 37.8 Å². The van der Waals surface area contributed by atoms with Crippen LogP contribution >= 0.6 is 0 Å². The summed E-state index contributed by atoms with van der Waals surface area (Å²) in [5.41, 5.74) is 8.97. The molecule has 17 heavy (non-hydrogen) atoms. The van der Waals surface area contributed by atoms with Gasteiger partial charge in [0.2, 0.25) is 5.91 Å². The van der Waals surface area contributed by atoms with Crippen LogP contribution in [0.5, 0.6) is 0 Å². The Morgan fingerprint density at radius 2 is 2.12 bits per heavy atom. The van der Waals surface area contributed by atoms with Crippen LogP contribution < -0.4 is 11.1 Å². The molecule has 1 atom stereocenters. The van der Waals surface area contributed by atoms with Crippen molar-refractivity contribution in [3.8, 4) is 0 Å². The van der Waals surface area contributed by atoms with Crippen LogP contribution in [-0.2, 0) is 11.2 Å². The molecule has 1 rings (SSSR count). The molecule has 0 radical (unpaired) electrons. The van der Waals surface area contributed by atoms with E-state index in [0.717, 1.165) is 36.1 Å². The number of rotatable bonds is 5. The maximum Gasteiger partial charge on any atom is 0.241 e. The maximum atomic E-state index is 11.9. The molecule has 3 heteroatoms. The third-order valence-corrected chi connectivity index (χ3v) is 2.92. The number of benzene rings is 1. The van der Waals surface area contributed by atoms with E-state index in [-0.39, 0.29) is 5.91 Å². The summed E-state index contributed by atoms with van der Waals surface area (Å²) >= 11 is 0. The van der Waals surface area contributed by atoms with Crippen LogP contribution in [0.2, 0.25) is 0 Å². The molecule has 0 unspecified atom stereocenters. The zero-order valence-electron chi connectivity index (χ0n) is 10.9. The number of anilines is 1. The van der Waals surface area contributed by atoms with E-state index in [2.05, 4.69) is 12.2 Å². The number of nitrogens with two attached hydrogens (primary N) is 1. The Morgan fingerprint density at radius 1 is 1.41 bits per heavy atom. The van der Waals surface area contributed by atoms with E-state index < -0.39 is 6.04 Å². The van der Waals surface area contributed by atoms with Crippen molar-refractivity contribution < 1.29 is 4.79 Å². The molecule has 0 aliphatic rings. The van der Waals surface area contributed by atoms with Crippen molar-refractivity contribution in [1.82, 2.24) is 0 Å². The average Bonchev–Trinajstić information content (AvgIpc) is 2.31. The lowest BCUT2D eigenvalue weighted by Gasteiger charge is -2.16. The number of para-hydroxylation sites is 1. The fraction of sp³-hybridized carbons (Fsp3) is 0.500. The second kappa shape index (κ2) is 6.40. The first-order valence-electron chi connectivity index (χ1n) is 6.25. The minimum absolute atomic E-state index is 0.0872. The highest BCUT2D eigenvalue weighted by Crippen LogP contribution is 2.21. The lowest BCUT2D eigenvalue weighted by molar-refractivity contribution is -0.117. The highest BCUT2D eigenvalue weighted by molar-refractivity contribution is 5.96. The molecule has 0 fully saturated rings. The standard InChI is InChI=1S/C14H22N2O/c1-4-7-12(15)14(17)16-13-10(3)8-6-9-11(13)5-2/h6,8-9,12H,4-5,7,15H2,1-3H3,(H,16,17)/t12-/m1/s1. The van der Waals surface area contributed by atoms with Crippen molar-refractivity contribution in [2.24, 2.45) is 5.73 Å². The summed E-state index contributed by atoms with van der Waals surface area (Å²) in [5.74, 6) is -0.0872. The summed E-state index contributed by atoms with van der Waals surface area (Å²) in [6.45, 7) is 6.11. The molecule has 0 spiro atoms. The molecule has 0 bridgehead atoms. The van der Waals surface area contributed by atoms with Gasteiger partial charge in [0, 0.05) is 5.69 Å². The lowest BCUT2D eigenvalue weighted by atomic mass is 10.0. The molecule has 1 aromatic rings. The molecular weight excluding hydrogens is 212 g/mol. The molecule has 1 aromatic carbocycles. The number of hydrogen-bond acceptors (Lipinski definition) is 2. The molecule has 0 aliphatic carbocycles. The lowest BCUT2D eigenvalue weighted by Crippen LogP contribution is -2.35. The summed E-state index contributed by atoms with van der Waals surface area (Å²) < 4.78 is 0. The second-order valence-electron chi connectivity index (χ2n) is 4.35. The Bertz CT molecular complexity index is 388. The van der Waals surface area contributed by atoms with Gasteiger partial charge in [-0.05, 0) is 30.9 Å². The van der Waals surface area contributed by atoms with Crippen LogP contribution in [0.15, 0.2) is 18.2 Å². The number of hydrogen-bond donors (Lipinski definition) is 2. The van der Waals surface area contributed by atoms with Gasteiger partial charge in [-0.25, -0.2) is 0 Å². The molecule has 0 saturated heterocycles. The molecule has 0 aliphatic heterocycles. The van der Waals surface area contributed by atoms with E-state index in [1.807, 2.05) is 32.0 Å². The summed E-state index contributed by atoms with van der Waals surface area (Å²) in [6, 6.07) is 5.63. The molecule has 3 N–H and O–H groups in total. The van der Waals surface area contributed by atoms with Crippen LogP contribution in [0.4, 0.5) is 5.69 Å². The molecule has 0 saturated carbocycles. The van der Waals surface area contributed by atoms with Crippen LogP contribution in [0.3, 0.4) is 0 Å². The number of carbonyl (C=O) groups excluding carboxylic acids is 1. The van der Waals surface area contributed by atoms with E-state index in [0.29, 0.717) is 0 Å². The molecule has 1 amide bonds. The van der Waals surface area contributed by atoms with Crippen LogP contribution in [0, 0.1) is 6.92 Å². The van der Waals surface area contributed by atoms with Gasteiger partial charge in [0.25, 0.3) is 0 Å². The minimum Gasteiger partial charge on any atom is -0.324 e. The average molecular weight is 234 g/mol. The van der Waals surface area contributed by atoms with E-state index in [4.69, 9.17) is 5.73 Å². The third-order valence-electron chi connectivity index (χ3n) is 2.92. The third kappa shape index (κ3) is 3.56. The van der Waals surface area contributed by atoms with Crippen molar-refractivity contribution in [3.63, 3.8) is 0 Å². The van der Waals surface area contributed by atoms with Gasteiger partial charge in [0.1, 0.15) is 0 Å². The maximum absolute atomic E-state index is 11.9. The van der Waals surface area contributed by atoms with Crippen molar-refractivity contribution in [2.75, 3.05) is 5.32 Å². The van der Waals surface area contributed by atoms with Gasteiger partial charge in [-0.3, -0.25) is 4.79 Å². The van der Waals surface area contributed by atoms with Crippen molar-refractivity contribution in [2.45, 2.75) is 46.1 Å². The normalized spacial score (nSPS) is 12.2. The molecule has 0 aromatic heterocycles. The highest BCUT2D eigenvalue weighted by Gasteiger charge is 2.14. The Labute approximate surface area is 103 Å². The Balaban J connectivity index is 2.84. The largest absolute Gasteiger partial charge is 0.324 e. The zero-order valence-corrected chi connectivity index (χ0v) is 10.9. The number of nitrogens with one attached hydrogen (secondary N) is 1.